The van der Waals surface area contributed by atoms with E-state index in [9.17, 15) is 0 Å². The Hall–Kier alpha value is -1.71. The van der Waals surface area contributed by atoms with Crippen molar-refractivity contribution in [2.75, 3.05) is 5.75 Å². The second-order valence-corrected chi connectivity index (χ2v) is 5.21. The number of nitrogens with zero attached hydrogens (tertiary/aromatic N) is 4. The number of hydrogen-bond acceptors (Lipinski definition) is 5. The molecule has 0 aliphatic carbocycles. The Bertz CT molecular complexity index is 606. The standard InChI is InChI=1S/C13H13ClN4OS/c1-2-18-12(16-17-13(18)20-8-7-15)9-19-11-5-3-10(14)4-6-11/h3-6H,2,8-9H2,1H3. The third-order valence-corrected chi connectivity index (χ3v) is 3.64. The van der Waals surface area contributed by atoms with E-state index < -0.39 is 0 Å². The molecule has 0 fully saturated rings. The minimum atomic E-state index is 0.329. The molecule has 0 amide bonds. The Morgan fingerprint density at radius 2 is 2.10 bits per heavy atom. The summed E-state index contributed by atoms with van der Waals surface area (Å²) in [4.78, 5) is 0. The molecule has 1 aromatic heterocycles. The number of halogens is 1. The number of aromatic nitrogens is 3. The molecule has 0 N–H and O–H groups in total. The summed E-state index contributed by atoms with van der Waals surface area (Å²) in [6.45, 7) is 3.07. The predicted molar refractivity (Wildman–Crippen MR) is 77.8 cm³/mol. The molecule has 20 heavy (non-hydrogen) atoms. The van der Waals surface area contributed by atoms with Crippen molar-refractivity contribution in [3.63, 3.8) is 0 Å². The lowest BCUT2D eigenvalue weighted by atomic mass is 10.3. The topological polar surface area (TPSA) is 63.7 Å². The third-order valence-electron chi connectivity index (χ3n) is 2.56. The van der Waals surface area contributed by atoms with Gasteiger partial charge in [-0.1, -0.05) is 23.4 Å². The number of nitriles is 1. The highest BCUT2D eigenvalue weighted by atomic mass is 35.5. The fourth-order valence-electron chi connectivity index (χ4n) is 1.63. The van der Waals surface area contributed by atoms with Gasteiger partial charge in [-0.05, 0) is 31.2 Å². The van der Waals surface area contributed by atoms with Crippen molar-refractivity contribution < 1.29 is 4.74 Å². The van der Waals surface area contributed by atoms with Crippen LogP contribution in [0.15, 0.2) is 29.4 Å². The molecule has 0 bridgehead atoms. The second-order valence-electron chi connectivity index (χ2n) is 3.83. The molecule has 5 nitrogen and oxygen atoms in total. The monoisotopic (exact) mass is 308 g/mol. The van der Waals surface area contributed by atoms with Crippen molar-refractivity contribution in [3.8, 4) is 11.8 Å². The zero-order valence-electron chi connectivity index (χ0n) is 10.9. The van der Waals surface area contributed by atoms with Crippen molar-refractivity contribution >= 4 is 23.4 Å². The van der Waals surface area contributed by atoms with Gasteiger partial charge in [0.2, 0.25) is 0 Å². The quantitative estimate of drug-likeness (QED) is 0.767. The van der Waals surface area contributed by atoms with Gasteiger partial charge in [0, 0.05) is 11.6 Å². The molecule has 2 rings (SSSR count). The molecule has 7 heteroatoms. The summed E-state index contributed by atoms with van der Waals surface area (Å²) in [7, 11) is 0. The third kappa shape index (κ3) is 3.65. The summed E-state index contributed by atoms with van der Waals surface area (Å²) in [6, 6.07) is 9.24. The highest BCUT2D eigenvalue weighted by Gasteiger charge is 2.11. The average Bonchev–Trinajstić information content (AvgIpc) is 2.86. The highest BCUT2D eigenvalue weighted by molar-refractivity contribution is 7.99. The van der Waals surface area contributed by atoms with Crippen LogP contribution in [0.1, 0.15) is 12.7 Å². The number of hydrogen-bond donors (Lipinski definition) is 0. The van der Waals surface area contributed by atoms with Gasteiger partial charge in [-0.3, -0.25) is 0 Å². The van der Waals surface area contributed by atoms with E-state index in [0.717, 1.165) is 23.3 Å². The number of ether oxygens (including phenoxy) is 1. The molecule has 0 radical (unpaired) electrons. The second kappa shape index (κ2) is 7.17. The average molecular weight is 309 g/mol. The fraction of sp³-hybridized carbons (Fsp3) is 0.308. The predicted octanol–water partition coefficient (Wildman–Crippen LogP) is 3.15. The first-order valence-corrected chi connectivity index (χ1v) is 7.41. The van der Waals surface area contributed by atoms with E-state index in [1.54, 1.807) is 24.3 Å². The summed E-state index contributed by atoms with van der Waals surface area (Å²) in [5.74, 6) is 1.82. The summed E-state index contributed by atoms with van der Waals surface area (Å²) in [6.07, 6.45) is 0. The molecule has 0 unspecified atom stereocenters. The SMILES string of the molecule is CCn1c(COc2ccc(Cl)cc2)nnc1SCC#N. The van der Waals surface area contributed by atoms with E-state index in [0.29, 0.717) is 17.4 Å². The molecule has 1 heterocycles. The van der Waals surface area contributed by atoms with Gasteiger partial charge in [-0.15, -0.1) is 10.2 Å². The molecule has 2 aromatic rings. The van der Waals surface area contributed by atoms with Gasteiger partial charge in [0.15, 0.2) is 11.0 Å². The molecule has 0 saturated carbocycles. The van der Waals surface area contributed by atoms with Crippen LogP contribution in [0.5, 0.6) is 5.75 Å². The van der Waals surface area contributed by atoms with Crippen LogP contribution in [0.3, 0.4) is 0 Å². The Morgan fingerprint density at radius 3 is 2.75 bits per heavy atom. The molecule has 0 aliphatic rings. The summed E-state index contributed by atoms with van der Waals surface area (Å²) < 4.78 is 7.59. The first kappa shape index (κ1) is 14.7. The smallest absolute Gasteiger partial charge is 0.192 e. The Morgan fingerprint density at radius 1 is 1.35 bits per heavy atom. The van der Waals surface area contributed by atoms with Crippen molar-refractivity contribution in [2.24, 2.45) is 0 Å². The number of benzene rings is 1. The highest BCUT2D eigenvalue weighted by Crippen LogP contribution is 2.19. The summed E-state index contributed by atoms with van der Waals surface area (Å²) in [5.41, 5.74) is 0. The minimum absolute atomic E-state index is 0.329. The van der Waals surface area contributed by atoms with Crippen molar-refractivity contribution in [2.45, 2.75) is 25.2 Å². The zero-order chi connectivity index (χ0) is 14.4. The summed E-state index contributed by atoms with van der Waals surface area (Å²) in [5, 5.41) is 18.2. The first-order chi connectivity index (χ1) is 9.74. The van der Waals surface area contributed by atoms with E-state index in [1.807, 2.05) is 11.5 Å². The van der Waals surface area contributed by atoms with Crippen LogP contribution in [0.25, 0.3) is 0 Å². The van der Waals surface area contributed by atoms with E-state index >= 15 is 0 Å². The van der Waals surface area contributed by atoms with E-state index in [1.165, 1.54) is 11.8 Å². The van der Waals surface area contributed by atoms with Crippen molar-refractivity contribution in [1.82, 2.24) is 14.8 Å². The zero-order valence-corrected chi connectivity index (χ0v) is 12.5. The molecule has 0 aliphatic heterocycles. The Labute approximate surface area is 126 Å². The minimum Gasteiger partial charge on any atom is -0.486 e. The lowest BCUT2D eigenvalue weighted by molar-refractivity contribution is 0.288. The van der Waals surface area contributed by atoms with Crippen molar-refractivity contribution in [3.05, 3.63) is 35.1 Å². The molecular weight excluding hydrogens is 296 g/mol. The van der Waals surface area contributed by atoms with Crippen LogP contribution in [0.4, 0.5) is 0 Å². The van der Waals surface area contributed by atoms with E-state index in [-0.39, 0.29) is 0 Å². The molecule has 104 valence electrons. The van der Waals surface area contributed by atoms with Crippen LogP contribution in [0, 0.1) is 11.3 Å². The molecular formula is C13H13ClN4OS. The number of rotatable bonds is 6. The van der Waals surface area contributed by atoms with Gasteiger partial charge < -0.3 is 9.30 Å². The molecule has 0 saturated heterocycles. The van der Waals surface area contributed by atoms with Gasteiger partial charge in [0.25, 0.3) is 0 Å². The van der Waals surface area contributed by atoms with Gasteiger partial charge in [0.1, 0.15) is 12.4 Å². The number of thioether (sulfide) groups is 1. The lowest BCUT2D eigenvalue weighted by Crippen LogP contribution is -2.07. The molecule has 0 spiro atoms. The van der Waals surface area contributed by atoms with E-state index in [4.69, 9.17) is 21.6 Å². The molecule has 0 atom stereocenters. The Balaban J connectivity index is 2.04. The maximum atomic E-state index is 8.61. The summed E-state index contributed by atoms with van der Waals surface area (Å²) >= 11 is 7.19. The van der Waals surface area contributed by atoms with Gasteiger partial charge in [-0.25, -0.2) is 0 Å². The van der Waals surface area contributed by atoms with Crippen LogP contribution < -0.4 is 4.74 Å². The maximum Gasteiger partial charge on any atom is 0.192 e. The molecule has 1 aromatic carbocycles. The Kier molecular flexibility index (Phi) is 5.27. The normalized spacial score (nSPS) is 10.2. The van der Waals surface area contributed by atoms with Crippen LogP contribution in [0.2, 0.25) is 5.02 Å². The van der Waals surface area contributed by atoms with Gasteiger partial charge in [0.05, 0.1) is 11.8 Å². The maximum absolute atomic E-state index is 8.61. The van der Waals surface area contributed by atoms with Crippen LogP contribution in [-0.2, 0) is 13.2 Å². The van der Waals surface area contributed by atoms with Crippen LogP contribution in [-0.4, -0.2) is 20.5 Å². The first-order valence-electron chi connectivity index (χ1n) is 6.04. The van der Waals surface area contributed by atoms with Gasteiger partial charge in [-0.2, -0.15) is 5.26 Å². The van der Waals surface area contributed by atoms with Crippen molar-refractivity contribution in [1.29, 1.82) is 5.26 Å². The van der Waals surface area contributed by atoms with Crippen LogP contribution >= 0.6 is 23.4 Å². The van der Waals surface area contributed by atoms with E-state index in [2.05, 4.69) is 16.3 Å². The fourth-order valence-corrected chi connectivity index (χ4v) is 2.43. The van der Waals surface area contributed by atoms with Gasteiger partial charge >= 0.3 is 0 Å². The lowest BCUT2D eigenvalue weighted by Gasteiger charge is -2.08. The largest absolute Gasteiger partial charge is 0.486 e.